The van der Waals surface area contributed by atoms with E-state index in [2.05, 4.69) is 4.98 Å². The summed E-state index contributed by atoms with van der Waals surface area (Å²) in [5.41, 5.74) is 1.40. The number of aromatic amines is 1. The van der Waals surface area contributed by atoms with Gasteiger partial charge in [0.05, 0.1) is 6.61 Å². The molecule has 2 rings (SSSR count). The Bertz CT molecular complexity index is 595. The number of esters is 1. The van der Waals surface area contributed by atoms with Crippen molar-refractivity contribution in [3.05, 3.63) is 39.9 Å². The van der Waals surface area contributed by atoms with Crippen molar-refractivity contribution in [1.82, 2.24) is 9.38 Å². The molecule has 0 aliphatic heterocycles. The minimum Gasteiger partial charge on any atom is -0.462 e. The van der Waals surface area contributed by atoms with Crippen LogP contribution in [0.4, 0.5) is 0 Å². The maximum Gasteiger partial charge on any atom is 0.341 e. The number of nitrogens with zero attached hydrogens (tertiary/aromatic N) is 1. The summed E-state index contributed by atoms with van der Waals surface area (Å²) in [6.45, 7) is 3.82. The molecule has 0 atom stereocenters. The van der Waals surface area contributed by atoms with E-state index in [0.717, 1.165) is 0 Å². The third kappa shape index (κ3) is 1.60. The van der Waals surface area contributed by atoms with E-state index < -0.39 is 5.97 Å². The summed E-state index contributed by atoms with van der Waals surface area (Å²) in [5, 5.41) is 0. The molecule has 0 aromatic carbocycles. The van der Waals surface area contributed by atoms with Crippen molar-refractivity contribution in [3.8, 4) is 0 Å². The number of rotatable bonds is 2. The Labute approximate surface area is 91.7 Å². The zero-order valence-corrected chi connectivity index (χ0v) is 9.11. The third-order valence-electron chi connectivity index (χ3n) is 2.27. The van der Waals surface area contributed by atoms with Crippen LogP contribution in [0.3, 0.4) is 0 Å². The van der Waals surface area contributed by atoms with Crippen LogP contribution in [0.25, 0.3) is 5.65 Å². The van der Waals surface area contributed by atoms with Crippen LogP contribution in [0.2, 0.25) is 0 Å². The van der Waals surface area contributed by atoms with Crippen LogP contribution in [0.5, 0.6) is 0 Å². The topological polar surface area (TPSA) is 63.6 Å². The summed E-state index contributed by atoms with van der Waals surface area (Å²) in [7, 11) is 0. The van der Waals surface area contributed by atoms with Crippen molar-refractivity contribution in [2.75, 3.05) is 6.61 Å². The second-order valence-electron chi connectivity index (χ2n) is 3.46. The van der Waals surface area contributed by atoms with Crippen LogP contribution in [0, 0.1) is 6.92 Å². The van der Waals surface area contributed by atoms with Crippen LogP contribution in [-0.2, 0) is 4.74 Å². The summed E-state index contributed by atoms with van der Waals surface area (Å²) in [4.78, 5) is 26.1. The molecule has 0 amide bonds. The molecule has 0 radical (unpaired) electrons. The molecule has 5 heteroatoms. The number of fused-ring (bicyclic) bond motifs is 1. The molecule has 2 aromatic heterocycles. The number of hydrogen-bond acceptors (Lipinski definition) is 3. The van der Waals surface area contributed by atoms with Crippen LogP contribution in [0.1, 0.15) is 23.0 Å². The van der Waals surface area contributed by atoms with Gasteiger partial charge in [0, 0.05) is 18.0 Å². The summed E-state index contributed by atoms with van der Waals surface area (Å²) >= 11 is 0. The van der Waals surface area contributed by atoms with Gasteiger partial charge in [-0.05, 0) is 19.9 Å². The Morgan fingerprint density at radius 2 is 2.31 bits per heavy atom. The fraction of sp³-hybridized carbons (Fsp3) is 0.273. The predicted octanol–water partition coefficient (Wildman–Crippen LogP) is 1.11. The highest BCUT2D eigenvalue weighted by Gasteiger charge is 2.13. The minimum absolute atomic E-state index is 0.165. The van der Waals surface area contributed by atoms with Gasteiger partial charge >= 0.3 is 5.97 Å². The van der Waals surface area contributed by atoms with Gasteiger partial charge in [-0.2, -0.15) is 0 Å². The molecule has 0 bridgehead atoms. The van der Waals surface area contributed by atoms with Crippen molar-refractivity contribution in [2.24, 2.45) is 0 Å². The van der Waals surface area contributed by atoms with E-state index in [9.17, 15) is 9.59 Å². The SMILES string of the molecule is CCOC(=O)c1ccn2c(=O)cc(C)[nH]c12. The standard InChI is InChI=1S/C11H12N2O3/c1-3-16-11(15)8-4-5-13-9(14)6-7(2)12-10(8)13/h4-6,12H,3H2,1-2H3. The molecule has 0 fully saturated rings. The number of H-pyrrole nitrogens is 1. The van der Waals surface area contributed by atoms with E-state index in [1.807, 2.05) is 0 Å². The minimum atomic E-state index is -0.425. The van der Waals surface area contributed by atoms with Crippen LogP contribution in [0.15, 0.2) is 23.1 Å². The molecule has 0 saturated carbocycles. The van der Waals surface area contributed by atoms with Gasteiger partial charge in [0.15, 0.2) is 0 Å². The molecule has 5 nitrogen and oxygen atoms in total. The smallest absolute Gasteiger partial charge is 0.341 e. The third-order valence-corrected chi connectivity index (χ3v) is 2.27. The molecule has 16 heavy (non-hydrogen) atoms. The van der Waals surface area contributed by atoms with Gasteiger partial charge in [0.1, 0.15) is 11.2 Å². The molecule has 84 valence electrons. The number of aromatic nitrogens is 2. The quantitative estimate of drug-likeness (QED) is 0.771. The van der Waals surface area contributed by atoms with Crippen molar-refractivity contribution in [1.29, 1.82) is 0 Å². The van der Waals surface area contributed by atoms with Gasteiger partial charge in [-0.15, -0.1) is 0 Å². The molecule has 1 N–H and O–H groups in total. The van der Waals surface area contributed by atoms with Gasteiger partial charge < -0.3 is 9.72 Å². The average molecular weight is 220 g/mol. The lowest BCUT2D eigenvalue weighted by Gasteiger charge is -2.01. The first kappa shape index (κ1) is 10.5. The predicted molar refractivity (Wildman–Crippen MR) is 58.7 cm³/mol. The normalized spacial score (nSPS) is 10.6. The van der Waals surface area contributed by atoms with Crippen molar-refractivity contribution in [3.63, 3.8) is 0 Å². The van der Waals surface area contributed by atoms with Gasteiger partial charge in [-0.1, -0.05) is 0 Å². The van der Waals surface area contributed by atoms with E-state index in [1.54, 1.807) is 26.1 Å². The monoisotopic (exact) mass is 220 g/mol. The Balaban J connectivity index is 2.64. The second kappa shape index (κ2) is 3.84. The summed E-state index contributed by atoms with van der Waals surface area (Å²) in [6.07, 6.45) is 1.56. The van der Waals surface area contributed by atoms with E-state index in [0.29, 0.717) is 23.5 Å². The largest absolute Gasteiger partial charge is 0.462 e. The van der Waals surface area contributed by atoms with Crippen molar-refractivity contribution < 1.29 is 9.53 Å². The zero-order chi connectivity index (χ0) is 11.7. The van der Waals surface area contributed by atoms with E-state index in [4.69, 9.17) is 4.74 Å². The summed E-state index contributed by atoms with van der Waals surface area (Å²) in [5.74, 6) is -0.425. The van der Waals surface area contributed by atoms with Gasteiger partial charge in [0.25, 0.3) is 5.56 Å². The lowest BCUT2D eigenvalue weighted by molar-refractivity contribution is 0.0528. The molecular weight excluding hydrogens is 208 g/mol. The molecule has 2 heterocycles. The lowest BCUT2D eigenvalue weighted by Crippen LogP contribution is -2.14. The highest BCUT2D eigenvalue weighted by atomic mass is 16.5. The number of carbonyl (C=O) groups excluding carboxylic acids is 1. The Hall–Kier alpha value is -2.04. The van der Waals surface area contributed by atoms with Crippen LogP contribution >= 0.6 is 0 Å². The molecule has 0 unspecified atom stereocenters. The second-order valence-corrected chi connectivity index (χ2v) is 3.46. The van der Waals surface area contributed by atoms with E-state index >= 15 is 0 Å². The molecule has 0 aliphatic carbocycles. The zero-order valence-electron chi connectivity index (χ0n) is 9.11. The van der Waals surface area contributed by atoms with Gasteiger partial charge in [0.2, 0.25) is 0 Å². The first-order valence-corrected chi connectivity index (χ1v) is 5.01. The first-order valence-electron chi connectivity index (χ1n) is 5.01. The lowest BCUT2D eigenvalue weighted by atomic mass is 10.3. The molecular formula is C11H12N2O3. The van der Waals surface area contributed by atoms with Gasteiger partial charge in [-0.25, -0.2) is 4.79 Å². The number of nitrogens with one attached hydrogen (secondary N) is 1. The maximum atomic E-state index is 11.6. The number of ether oxygens (including phenoxy) is 1. The number of hydrogen-bond donors (Lipinski definition) is 1. The maximum absolute atomic E-state index is 11.6. The Morgan fingerprint density at radius 1 is 1.56 bits per heavy atom. The van der Waals surface area contributed by atoms with Crippen LogP contribution in [-0.4, -0.2) is 22.0 Å². The first-order chi connectivity index (χ1) is 7.63. The fourth-order valence-corrected chi connectivity index (χ4v) is 1.59. The van der Waals surface area contributed by atoms with Crippen molar-refractivity contribution in [2.45, 2.75) is 13.8 Å². The highest BCUT2D eigenvalue weighted by molar-refractivity contribution is 5.96. The van der Waals surface area contributed by atoms with Gasteiger partial charge in [-0.3, -0.25) is 9.20 Å². The van der Waals surface area contributed by atoms with Crippen molar-refractivity contribution >= 4 is 11.6 Å². The molecule has 2 aromatic rings. The summed E-state index contributed by atoms with van der Waals surface area (Å²) < 4.78 is 6.29. The van der Waals surface area contributed by atoms with E-state index in [-0.39, 0.29) is 5.56 Å². The molecule has 0 saturated heterocycles. The molecule has 0 aliphatic rings. The van der Waals surface area contributed by atoms with Crippen LogP contribution < -0.4 is 5.56 Å². The molecule has 0 spiro atoms. The Morgan fingerprint density at radius 3 is 3.00 bits per heavy atom. The highest BCUT2D eigenvalue weighted by Crippen LogP contribution is 2.10. The number of aryl methyl sites for hydroxylation is 1. The number of carbonyl (C=O) groups is 1. The fourth-order valence-electron chi connectivity index (χ4n) is 1.59. The average Bonchev–Trinajstić information content (AvgIpc) is 2.61. The van der Waals surface area contributed by atoms with E-state index in [1.165, 1.54) is 10.5 Å². The summed E-state index contributed by atoms with van der Waals surface area (Å²) in [6, 6.07) is 3.05. The Kier molecular flexibility index (Phi) is 2.52.